The second-order valence-electron chi connectivity index (χ2n) is 6.53. The lowest BCUT2D eigenvalue weighted by atomic mass is 10.1. The first kappa shape index (κ1) is 18.5. The van der Waals surface area contributed by atoms with E-state index < -0.39 is 5.54 Å². The maximum Gasteiger partial charge on any atom is 0.128 e. The van der Waals surface area contributed by atoms with E-state index in [1.54, 1.807) is 43.8 Å². The molecular formula is C20H24N2O3. The normalized spacial score (nSPS) is 12.2. The molecule has 0 aromatic heterocycles. The van der Waals surface area contributed by atoms with Gasteiger partial charge < -0.3 is 14.9 Å². The lowest BCUT2D eigenvalue weighted by Crippen LogP contribution is -2.21. The van der Waals surface area contributed by atoms with E-state index in [-0.39, 0.29) is 11.5 Å². The minimum absolute atomic E-state index is 0.118. The third-order valence-corrected chi connectivity index (χ3v) is 3.69. The summed E-state index contributed by atoms with van der Waals surface area (Å²) in [5.74, 6) is 0.927. The van der Waals surface area contributed by atoms with Gasteiger partial charge in [-0.25, -0.2) is 0 Å². The maximum absolute atomic E-state index is 9.97. The third-order valence-electron chi connectivity index (χ3n) is 3.69. The second-order valence-corrected chi connectivity index (χ2v) is 6.53. The van der Waals surface area contributed by atoms with Crippen molar-refractivity contribution in [3.63, 3.8) is 0 Å². The summed E-state index contributed by atoms with van der Waals surface area (Å²) >= 11 is 0. The van der Waals surface area contributed by atoms with E-state index in [0.29, 0.717) is 23.4 Å². The van der Waals surface area contributed by atoms with Crippen molar-refractivity contribution in [1.82, 2.24) is 0 Å². The number of aromatic hydroxyl groups is 2. The van der Waals surface area contributed by atoms with E-state index in [9.17, 15) is 10.2 Å². The van der Waals surface area contributed by atoms with Gasteiger partial charge in [-0.2, -0.15) is 0 Å². The summed E-state index contributed by atoms with van der Waals surface area (Å²) in [6.45, 7) is 6.29. The largest absolute Gasteiger partial charge is 0.507 e. The van der Waals surface area contributed by atoms with E-state index in [1.807, 2.05) is 32.9 Å². The van der Waals surface area contributed by atoms with Gasteiger partial charge in [-0.15, -0.1) is 0 Å². The molecule has 0 atom stereocenters. The van der Waals surface area contributed by atoms with Crippen molar-refractivity contribution in [2.75, 3.05) is 13.7 Å². The summed E-state index contributed by atoms with van der Waals surface area (Å²) in [4.78, 5) is 8.89. The van der Waals surface area contributed by atoms with Crippen molar-refractivity contribution >= 4 is 12.4 Å². The summed E-state index contributed by atoms with van der Waals surface area (Å²) in [5.41, 5.74) is 1.86. The summed E-state index contributed by atoms with van der Waals surface area (Å²) in [5, 5.41) is 19.9. The molecule has 0 unspecified atom stereocenters. The molecule has 5 nitrogen and oxygen atoms in total. The fourth-order valence-corrected chi connectivity index (χ4v) is 2.17. The molecule has 0 aliphatic heterocycles. The number of phenolic OH excluding ortho intramolecular Hbond substituents is 2. The number of ether oxygens (including phenoxy) is 1. The predicted octanol–water partition coefficient (Wildman–Crippen LogP) is 3.73. The van der Waals surface area contributed by atoms with Crippen molar-refractivity contribution in [1.29, 1.82) is 0 Å². The lowest BCUT2D eigenvalue weighted by molar-refractivity contribution is 0.407. The van der Waals surface area contributed by atoms with E-state index in [0.717, 1.165) is 5.56 Å². The van der Waals surface area contributed by atoms with Gasteiger partial charge in [0.25, 0.3) is 0 Å². The molecule has 2 aromatic carbocycles. The summed E-state index contributed by atoms with van der Waals surface area (Å²) in [6, 6.07) is 10.5. The van der Waals surface area contributed by atoms with Crippen molar-refractivity contribution in [2.24, 2.45) is 9.98 Å². The lowest BCUT2D eigenvalue weighted by Gasteiger charge is -2.16. The van der Waals surface area contributed by atoms with Gasteiger partial charge in [0.15, 0.2) is 0 Å². The Kier molecular flexibility index (Phi) is 5.80. The predicted molar refractivity (Wildman–Crippen MR) is 102 cm³/mol. The number of methoxy groups -OCH3 is 1. The number of hydrogen-bond acceptors (Lipinski definition) is 5. The van der Waals surface area contributed by atoms with Gasteiger partial charge in [-0.05, 0) is 50.6 Å². The molecule has 0 heterocycles. The van der Waals surface area contributed by atoms with Crippen molar-refractivity contribution in [3.05, 3.63) is 53.1 Å². The topological polar surface area (TPSA) is 74.4 Å². The van der Waals surface area contributed by atoms with Crippen molar-refractivity contribution in [3.8, 4) is 17.2 Å². The molecule has 132 valence electrons. The Labute approximate surface area is 148 Å². The van der Waals surface area contributed by atoms with Crippen molar-refractivity contribution < 1.29 is 14.9 Å². The summed E-state index contributed by atoms with van der Waals surface area (Å²) in [7, 11) is 1.55. The van der Waals surface area contributed by atoms with Crippen LogP contribution in [0.15, 0.2) is 46.4 Å². The molecule has 0 aliphatic rings. The second kappa shape index (κ2) is 7.83. The summed E-state index contributed by atoms with van der Waals surface area (Å²) in [6.07, 6.45) is 3.28. The van der Waals surface area contributed by atoms with Gasteiger partial charge in [0.1, 0.15) is 17.2 Å². The van der Waals surface area contributed by atoms with Crippen LogP contribution in [0.1, 0.15) is 30.5 Å². The number of phenols is 2. The summed E-state index contributed by atoms with van der Waals surface area (Å²) < 4.78 is 5.06. The number of rotatable bonds is 6. The molecule has 5 heteroatoms. The zero-order valence-electron chi connectivity index (χ0n) is 15.0. The van der Waals surface area contributed by atoms with Gasteiger partial charge >= 0.3 is 0 Å². The van der Waals surface area contributed by atoms with Crippen LogP contribution in [-0.4, -0.2) is 41.8 Å². The SMILES string of the molecule is COc1ccc(C=NC(C)(C)CN=Cc2ccc(C)cc2O)c(O)c1. The Morgan fingerprint density at radius 1 is 1.00 bits per heavy atom. The molecule has 0 fully saturated rings. The van der Waals surface area contributed by atoms with Gasteiger partial charge in [0.2, 0.25) is 0 Å². The number of aliphatic imine (C=N–C) groups is 2. The van der Waals surface area contributed by atoms with E-state index >= 15 is 0 Å². The van der Waals surface area contributed by atoms with Crippen LogP contribution >= 0.6 is 0 Å². The van der Waals surface area contributed by atoms with Gasteiger partial charge in [0.05, 0.1) is 19.2 Å². The highest BCUT2D eigenvalue weighted by Gasteiger charge is 2.14. The van der Waals surface area contributed by atoms with Crippen molar-refractivity contribution in [2.45, 2.75) is 26.3 Å². The monoisotopic (exact) mass is 340 g/mol. The Morgan fingerprint density at radius 3 is 2.28 bits per heavy atom. The molecule has 0 aliphatic carbocycles. The molecule has 0 radical (unpaired) electrons. The van der Waals surface area contributed by atoms with Crippen LogP contribution in [0.5, 0.6) is 17.2 Å². The number of aryl methyl sites for hydroxylation is 1. The first-order chi connectivity index (χ1) is 11.8. The molecule has 0 saturated carbocycles. The van der Waals surface area contributed by atoms with Crippen LogP contribution in [0.25, 0.3) is 0 Å². The van der Waals surface area contributed by atoms with Crippen LogP contribution in [-0.2, 0) is 0 Å². The first-order valence-corrected chi connectivity index (χ1v) is 8.02. The highest BCUT2D eigenvalue weighted by Crippen LogP contribution is 2.23. The van der Waals surface area contributed by atoms with E-state index in [2.05, 4.69) is 9.98 Å². The standard InChI is InChI=1S/C20H24N2O3/c1-14-5-6-15(18(23)9-14)11-21-13-20(2,3)22-12-16-7-8-17(25-4)10-19(16)24/h5-12,23-24H,13H2,1-4H3. The average molecular weight is 340 g/mol. The molecule has 0 amide bonds. The van der Waals surface area contributed by atoms with Crippen LogP contribution in [0, 0.1) is 6.92 Å². The minimum Gasteiger partial charge on any atom is -0.507 e. The molecular weight excluding hydrogens is 316 g/mol. The molecule has 25 heavy (non-hydrogen) atoms. The number of benzene rings is 2. The number of hydrogen-bond donors (Lipinski definition) is 2. The molecule has 0 bridgehead atoms. The highest BCUT2D eigenvalue weighted by atomic mass is 16.5. The zero-order valence-corrected chi connectivity index (χ0v) is 15.0. The van der Waals surface area contributed by atoms with Crippen LogP contribution in [0.4, 0.5) is 0 Å². The Morgan fingerprint density at radius 2 is 1.64 bits per heavy atom. The van der Waals surface area contributed by atoms with Crippen LogP contribution in [0.3, 0.4) is 0 Å². The maximum atomic E-state index is 9.97. The fourth-order valence-electron chi connectivity index (χ4n) is 2.17. The van der Waals surface area contributed by atoms with Gasteiger partial charge in [0, 0.05) is 29.6 Å². The molecule has 0 spiro atoms. The smallest absolute Gasteiger partial charge is 0.128 e. The Hall–Kier alpha value is -2.82. The zero-order chi connectivity index (χ0) is 18.4. The van der Waals surface area contributed by atoms with Crippen LogP contribution in [0.2, 0.25) is 0 Å². The molecule has 2 aromatic rings. The highest BCUT2D eigenvalue weighted by molar-refractivity contribution is 5.84. The molecule has 2 rings (SSSR count). The first-order valence-electron chi connectivity index (χ1n) is 8.02. The average Bonchev–Trinajstić information content (AvgIpc) is 2.55. The van der Waals surface area contributed by atoms with Crippen LogP contribution < -0.4 is 4.74 Å². The Balaban J connectivity index is 2.04. The molecule has 0 saturated heterocycles. The van der Waals surface area contributed by atoms with Gasteiger partial charge in [-0.1, -0.05) is 6.07 Å². The Bertz CT molecular complexity index is 796. The third kappa shape index (κ3) is 5.35. The quantitative estimate of drug-likeness (QED) is 0.787. The van der Waals surface area contributed by atoms with E-state index in [1.165, 1.54) is 0 Å². The molecule has 2 N–H and O–H groups in total. The number of nitrogens with zero attached hydrogens (tertiary/aromatic N) is 2. The minimum atomic E-state index is -0.441. The van der Waals surface area contributed by atoms with E-state index in [4.69, 9.17) is 4.74 Å². The van der Waals surface area contributed by atoms with Gasteiger partial charge in [-0.3, -0.25) is 9.98 Å². The fraction of sp³-hybridized carbons (Fsp3) is 0.300.